The van der Waals surface area contributed by atoms with Crippen LogP contribution in [-0.2, 0) is 41.6 Å². The SMILES string of the molecule is CNC(=O)CCCc1nc(C(F)(F)F)c(C[C@H]2CCc3c(-c4cccc(-c5ccc(CNC[C@@H]6CCC(=O)C6)c(OC)n5)c4Cl)cccc32)nc1OC. The fourth-order valence-corrected chi connectivity index (χ4v) is 7.83. The number of aryl methyl sites for hydroxylation is 1. The van der Waals surface area contributed by atoms with Gasteiger partial charge in [0.25, 0.3) is 0 Å². The van der Waals surface area contributed by atoms with Crippen LogP contribution in [0.4, 0.5) is 13.2 Å². The highest BCUT2D eigenvalue weighted by Gasteiger charge is 2.39. The van der Waals surface area contributed by atoms with Crippen molar-refractivity contribution in [2.75, 3.05) is 27.8 Å². The molecule has 0 radical (unpaired) electrons. The maximum atomic E-state index is 14.4. The first-order valence-electron chi connectivity index (χ1n) is 17.9. The van der Waals surface area contributed by atoms with E-state index in [2.05, 4.69) is 20.6 Å². The van der Waals surface area contributed by atoms with Gasteiger partial charge in [-0.3, -0.25) is 9.59 Å². The maximum absolute atomic E-state index is 14.4. The maximum Gasteiger partial charge on any atom is 0.435 e. The van der Waals surface area contributed by atoms with Gasteiger partial charge in [-0.1, -0.05) is 54.1 Å². The van der Waals surface area contributed by atoms with Crippen molar-refractivity contribution in [3.05, 3.63) is 87.3 Å². The van der Waals surface area contributed by atoms with Crippen molar-refractivity contribution in [1.82, 2.24) is 25.6 Å². The summed E-state index contributed by atoms with van der Waals surface area (Å²) >= 11 is 7.13. The van der Waals surface area contributed by atoms with Crippen molar-refractivity contribution in [2.24, 2.45) is 5.92 Å². The summed E-state index contributed by atoms with van der Waals surface area (Å²) in [4.78, 5) is 36.5. The van der Waals surface area contributed by atoms with Crippen LogP contribution in [0.3, 0.4) is 0 Å². The highest BCUT2D eigenvalue weighted by molar-refractivity contribution is 6.36. The highest BCUT2D eigenvalue weighted by atomic mass is 35.5. The molecular formula is C40H43ClF3N5O4. The number of ketones is 1. The molecule has 0 aliphatic heterocycles. The van der Waals surface area contributed by atoms with E-state index >= 15 is 0 Å². The van der Waals surface area contributed by atoms with Crippen molar-refractivity contribution < 1.29 is 32.2 Å². The number of hydrogen-bond donors (Lipinski definition) is 2. The van der Waals surface area contributed by atoms with Crippen LogP contribution >= 0.6 is 11.6 Å². The van der Waals surface area contributed by atoms with Gasteiger partial charge in [0.2, 0.25) is 17.7 Å². The van der Waals surface area contributed by atoms with Gasteiger partial charge in [-0.2, -0.15) is 13.2 Å². The lowest BCUT2D eigenvalue weighted by atomic mass is 9.91. The lowest BCUT2D eigenvalue weighted by molar-refractivity contribution is -0.142. The van der Waals surface area contributed by atoms with E-state index < -0.39 is 11.9 Å². The van der Waals surface area contributed by atoms with E-state index in [1.54, 1.807) is 7.11 Å². The number of fused-ring (bicyclic) bond motifs is 1. The number of benzene rings is 2. The number of nitrogens with zero attached hydrogens (tertiary/aromatic N) is 3. The van der Waals surface area contributed by atoms with Crippen LogP contribution in [0.15, 0.2) is 48.5 Å². The summed E-state index contributed by atoms with van der Waals surface area (Å²) in [5.74, 6) is 0.768. The fourth-order valence-electron chi connectivity index (χ4n) is 7.51. The monoisotopic (exact) mass is 749 g/mol. The second-order valence-electron chi connectivity index (χ2n) is 13.6. The Bertz CT molecular complexity index is 1990. The first-order chi connectivity index (χ1) is 25.5. The minimum atomic E-state index is -4.72. The third-order valence-corrected chi connectivity index (χ3v) is 10.6. The van der Waals surface area contributed by atoms with Crippen molar-refractivity contribution in [3.63, 3.8) is 0 Å². The lowest BCUT2D eigenvalue weighted by Crippen LogP contribution is -2.21. The second-order valence-corrected chi connectivity index (χ2v) is 14.0. The standard InChI is InChI=1S/C40H43ClF3N5O4/c1-45-35(51)12-6-11-33-39(53-3)49-34(37(47-33)40(42,43)44)20-24-14-17-29-27(24)7-4-8-28(29)30-9-5-10-31(36(30)41)32-18-15-25(38(48-32)52-2)22-46-21-23-13-16-26(50)19-23/h4-5,7-10,15,18,23-24,46H,6,11-14,16-17,19-22H2,1-3H3,(H,45,51)/t23-,24-/m1/s1. The van der Waals surface area contributed by atoms with Crippen LogP contribution in [0.2, 0.25) is 5.02 Å². The largest absolute Gasteiger partial charge is 0.481 e. The van der Waals surface area contributed by atoms with Crippen LogP contribution in [0.1, 0.15) is 78.2 Å². The number of carbonyl (C=O) groups excluding carboxylic acids is 2. The second kappa shape index (κ2) is 16.6. The molecule has 2 N–H and O–H groups in total. The minimum Gasteiger partial charge on any atom is -0.481 e. The molecule has 13 heteroatoms. The number of halogens is 4. The molecule has 53 heavy (non-hydrogen) atoms. The summed E-state index contributed by atoms with van der Waals surface area (Å²) in [6, 6.07) is 15.5. The van der Waals surface area contributed by atoms with Crippen molar-refractivity contribution in [1.29, 1.82) is 0 Å². The van der Waals surface area contributed by atoms with Crippen LogP contribution in [-0.4, -0.2) is 54.5 Å². The van der Waals surface area contributed by atoms with Crippen molar-refractivity contribution >= 4 is 23.3 Å². The van der Waals surface area contributed by atoms with Gasteiger partial charge in [0, 0.05) is 49.5 Å². The Hall–Kier alpha value is -4.55. The molecule has 0 spiro atoms. The van der Waals surface area contributed by atoms with E-state index in [0.29, 0.717) is 66.9 Å². The Morgan fingerprint density at radius 3 is 2.40 bits per heavy atom. The average Bonchev–Trinajstić information content (AvgIpc) is 3.76. The Morgan fingerprint density at radius 2 is 1.68 bits per heavy atom. The predicted molar refractivity (Wildman–Crippen MR) is 196 cm³/mol. The highest BCUT2D eigenvalue weighted by Crippen LogP contribution is 2.45. The number of nitrogens with one attached hydrogen (secondary N) is 2. The van der Waals surface area contributed by atoms with E-state index in [1.807, 2.05) is 48.5 Å². The van der Waals surface area contributed by atoms with Crippen molar-refractivity contribution in [2.45, 2.75) is 76.4 Å². The molecule has 2 aliphatic carbocycles. The van der Waals surface area contributed by atoms with Gasteiger partial charge in [-0.05, 0) is 79.7 Å². The lowest BCUT2D eigenvalue weighted by Gasteiger charge is -2.19. The summed E-state index contributed by atoms with van der Waals surface area (Å²) in [6.45, 7) is 1.31. The van der Waals surface area contributed by atoms with E-state index in [9.17, 15) is 22.8 Å². The number of aromatic nitrogens is 3. The number of Topliss-reactive ketones (excluding diaryl/α,β-unsaturated/α-hetero) is 1. The van der Waals surface area contributed by atoms with Crippen LogP contribution in [0.5, 0.6) is 11.8 Å². The summed E-state index contributed by atoms with van der Waals surface area (Å²) in [5.41, 5.74) is 4.86. The summed E-state index contributed by atoms with van der Waals surface area (Å²) < 4.78 is 54.2. The Kier molecular flexibility index (Phi) is 12.0. The third kappa shape index (κ3) is 8.65. The first kappa shape index (κ1) is 38.2. The number of alkyl halides is 3. The molecule has 1 saturated carbocycles. The smallest absolute Gasteiger partial charge is 0.435 e. The van der Waals surface area contributed by atoms with E-state index in [1.165, 1.54) is 14.2 Å². The van der Waals surface area contributed by atoms with Crippen molar-refractivity contribution in [3.8, 4) is 34.1 Å². The van der Waals surface area contributed by atoms with Gasteiger partial charge in [0.1, 0.15) is 11.5 Å². The van der Waals surface area contributed by atoms with E-state index in [-0.39, 0.29) is 48.4 Å². The molecule has 280 valence electrons. The Morgan fingerprint density at radius 1 is 0.925 bits per heavy atom. The van der Waals surface area contributed by atoms with Gasteiger partial charge in [0.15, 0.2) is 5.69 Å². The van der Waals surface area contributed by atoms with E-state index in [0.717, 1.165) is 46.3 Å². The van der Waals surface area contributed by atoms with Gasteiger partial charge in [0.05, 0.1) is 30.6 Å². The van der Waals surface area contributed by atoms with Gasteiger partial charge in [-0.25, -0.2) is 15.0 Å². The number of ether oxygens (including phenoxy) is 2. The zero-order valence-corrected chi connectivity index (χ0v) is 30.8. The number of rotatable bonds is 14. The quantitative estimate of drug-likeness (QED) is 0.135. The molecule has 0 unspecified atom stereocenters. The fraction of sp³-hybridized carbons (Fsp3) is 0.425. The average molecular weight is 750 g/mol. The molecule has 0 bridgehead atoms. The molecule has 4 aromatic rings. The topological polar surface area (TPSA) is 115 Å². The molecule has 1 amide bonds. The molecule has 2 aromatic carbocycles. The number of carbonyl (C=O) groups is 2. The van der Waals surface area contributed by atoms with Crippen LogP contribution < -0.4 is 20.1 Å². The van der Waals surface area contributed by atoms with Gasteiger partial charge < -0.3 is 20.1 Å². The number of amides is 1. The summed E-state index contributed by atoms with van der Waals surface area (Å²) in [7, 11) is 4.45. The zero-order chi connectivity index (χ0) is 37.7. The molecule has 2 aliphatic rings. The van der Waals surface area contributed by atoms with Crippen LogP contribution in [0, 0.1) is 5.92 Å². The molecule has 9 nitrogen and oxygen atoms in total. The van der Waals surface area contributed by atoms with Crippen LogP contribution in [0.25, 0.3) is 22.4 Å². The number of pyridine rings is 1. The van der Waals surface area contributed by atoms with E-state index in [4.69, 9.17) is 26.1 Å². The van der Waals surface area contributed by atoms with Gasteiger partial charge in [-0.15, -0.1) is 0 Å². The molecule has 6 rings (SSSR count). The number of methoxy groups -OCH3 is 2. The Labute approximate surface area is 312 Å². The molecular weight excluding hydrogens is 707 g/mol. The molecule has 1 fully saturated rings. The Balaban J connectivity index is 1.24. The predicted octanol–water partition coefficient (Wildman–Crippen LogP) is 7.70. The molecule has 2 aromatic heterocycles. The molecule has 2 heterocycles. The minimum absolute atomic E-state index is 0.0324. The van der Waals surface area contributed by atoms with Gasteiger partial charge >= 0.3 is 6.18 Å². The number of hydrogen-bond acceptors (Lipinski definition) is 8. The normalized spacial score (nSPS) is 16.8. The summed E-state index contributed by atoms with van der Waals surface area (Å²) in [5, 5.41) is 6.46. The third-order valence-electron chi connectivity index (χ3n) is 10.2. The zero-order valence-electron chi connectivity index (χ0n) is 30.0. The summed E-state index contributed by atoms with van der Waals surface area (Å²) in [6.07, 6.45) is -0.620. The molecule has 2 atom stereocenters. The molecule has 0 saturated heterocycles. The first-order valence-corrected chi connectivity index (χ1v) is 18.3.